The van der Waals surface area contributed by atoms with Gasteiger partial charge < -0.3 is 29.6 Å². The van der Waals surface area contributed by atoms with Crippen LogP contribution < -0.4 is 20.1 Å². The molecule has 2 aromatic heterocycles. The summed E-state index contributed by atoms with van der Waals surface area (Å²) in [7, 11) is 7.22. The van der Waals surface area contributed by atoms with Crippen LogP contribution in [0.15, 0.2) is 60.9 Å². The number of nitrogens with zero attached hydrogens (tertiary/aromatic N) is 4. The molecule has 0 aliphatic rings. The molecule has 188 valence electrons. The summed E-state index contributed by atoms with van der Waals surface area (Å²) >= 11 is 0. The zero-order chi connectivity index (χ0) is 25.5. The summed E-state index contributed by atoms with van der Waals surface area (Å²) in [5, 5.41) is 7.22. The summed E-state index contributed by atoms with van der Waals surface area (Å²) in [6.45, 7) is 2.06. The Labute approximate surface area is 211 Å². The zero-order valence-corrected chi connectivity index (χ0v) is 21.1. The van der Waals surface area contributed by atoms with Crippen molar-refractivity contribution in [3.05, 3.63) is 72.1 Å². The van der Waals surface area contributed by atoms with Crippen LogP contribution in [0.1, 0.15) is 15.9 Å². The summed E-state index contributed by atoms with van der Waals surface area (Å²) in [5.41, 5.74) is 2.73. The normalized spacial score (nSPS) is 11.0. The number of aromatic nitrogens is 3. The zero-order valence-electron chi connectivity index (χ0n) is 21.1. The first kappa shape index (κ1) is 25.0. The third-order valence-electron chi connectivity index (χ3n) is 5.83. The Morgan fingerprint density at radius 1 is 1.00 bits per heavy atom. The topological polar surface area (TPSA) is 93.5 Å². The number of likely N-dealkylation sites (N-methyl/N-ethyl adjacent to an activating group) is 1. The van der Waals surface area contributed by atoms with Gasteiger partial charge in [0.2, 0.25) is 5.95 Å². The highest BCUT2D eigenvalue weighted by atomic mass is 16.5. The minimum absolute atomic E-state index is 0.0745. The quantitative estimate of drug-likeness (QED) is 0.334. The van der Waals surface area contributed by atoms with Crippen molar-refractivity contribution in [3.63, 3.8) is 0 Å². The van der Waals surface area contributed by atoms with E-state index in [4.69, 9.17) is 9.47 Å². The van der Waals surface area contributed by atoms with Crippen LogP contribution in [0.5, 0.6) is 11.5 Å². The molecule has 0 aliphatic carbocycles. The highest BCUT2D eigenvalue weighted by Crippen LogP contribution is 2.27. The van der Waals surface area contributed by atoms with Crippen LogP contribution in [0.25, 0.3) is 16.7 Å². The fourth-order valence-corrected chi connectivity index (χ4v) is 3.90. The van der Waals surface area contributed by atoms with Gasteiger partial charge in [-0.2, -0.15) is 4.98 Å². The molecule has 0 aliphatic heterocycles. The van der Waals surface area contributed by atoms with Gasteiger partial charge in [0.05, 0.1) is 19.7 Å². The molecule has 0 fully saturated rings. The van der Waals surface area contributed by atoms with Gasteiger partial charge in [-0.15, -0.1) is 0 Å². The Kier molecular flexibility index (Phi) is 8.02. The average molecular weight is 489 g/mol. The Balaban J connectivity index is 1.42. The number of hydrogen-bond acceptors (Lipinski definition) is 7. The molecule has 2 N–H and O–H groups in total. The Morgan fingerprint density at radius 3 is 2.61 bits per heavy atom. The van der Waals surface area contributed by atoms with Crippen LogP contribution in [-0.4, -0.2) is 73.3 Å². The molecule has 4 aromatic rings. The Morgan fingerprint density at radius 2 is 1.83 bits per heavy atom. The van der Waals surface area contributed by atoms with Crippen molar-refractivity contribution in [2.75, 3.05) is 53.3 Å². The van der Waals surface area contributed by atoms with Crippen molar-refractivity contribution in [1.29, 1.82) is 0 Å². The maximum Gasteiger partial charge on any atom is 0.251 e. The molecule has 2 aromatic carbocycles. The van der Waals surface area contributed by atoms with Gasteiger partial charge in [0, 0.05) is 43.0 Å². The summed E-state index contributed by atoms with van der Waals surface area (Å²) in [6, 6.07) is 15.4. The number of carbonyl (C=O) groups is 1. The van der Waals surface area contributed by atoms with Gasteiger partial charge in [0.15, 0.2) is 11.5 Å². The van der Waals surface area contributed by atoms with Gasteiger partial charge in [0.25, 0.3) is 5.91 Å². The summed E-state index contributed by atoms with van der Waals surface area (Å²) in [5.74, 6) is 2.64. The number of benzene rings is 2. The molecule has 0 unspecified atom stereocenters. The lowest BCUT2D eigenvalue weighted by atomic mass is 10.1. The average Bonchev–Trinajstić information content (AvgIpc) is 3.32. The second kappa shape index (κ2) is 11.5. The fourth-order valence-electron chi connectivity index (χ4n) is 3.90. The molecule has 0 bridgehead atoms. The number of hydrogen-bond donors (Lipinski definition) is 2. The van der Waals surface area contributed by atoms with E-state index in [-0.39, 0.29) is 5.91 Å². The number of carbonyl (C=O) groups excluding carboxylic acids is 1. The standard InChI is InChI=1S/C27H32N6O3/c1-32(2)16-14-28-26(34)21-6-7-22-20(18-21)11-15-33(22)25-10-13-30-27(31-25)29-12-9-19-5-8-23(35-3)24(17-19)36-4/h5-8,10-11,13,15,17-18H,9,12,14,16H2,1-4H3,(H,28,34)(H,29,30,31). The van der Waals surface area contributed by atoms with Crippen LogP contribution in [0.4, 0.5) is 5.95 Å². The van der Waals surface area contributed by atoms with Crippen molar-refractivity contribution in [2.45, 2.75) is 6.42 Å². The van der Waals surface area contributed by atoms with E-state index in [1.807, 2.05) is 78.3 Å². The van der Waals surface area contributed by atoms with E-state index in [0.29, 0.717) is 36.1 Å². The van der Waals surface area contributed by atoms with Crippen LogP contribution in [-0.2, 0) is 6.42 Å². The van der Waals surface area contributed by atoms with E-state index in [2.05, 4.69) is 20.6 Å². The smallest absolute Gasteiger partial charge is 0.251 e. The highest BCUT2D eigenvalue weighted by molar-refractivity contribution is 5.98. The van der Waals surface area contributed by atoms with Crippen molar-refractivity contribution >= 4 is 22.8 Å². The maximum absolute atomic E-state index is 12.5. The molecule has 4 rings (SSSR count). The van der Waals surface area contributed by atoms with Gasteiger partial charge in [0.1, 0.15) is 5.82 Å². The third-order valence-corrected chi connectivity index (χ3v) is 5.83. The molecule has 2 heterocycles. The van der Waals surface area contributed by atoms with Crippen LogP contribution in [0, 0.1) is 0 Å². The molecule has 9 heteroatoms. The number of rotatable bonds is 11. The van der Waals surface area contributed by atoms with Gasteiger partial charge >= 0.3 is 0 Å². The Bertz CT molecular complexity index is 1330. The van der Waals surface area contributed by atoms with Crippen molar-refractivity contribution in [1.82, 2.24) is 24.8 Å². The van der Waals surface area contributed by atoms with E-state index in [1.54, 1.807) is 20.4 Å². The minimum atomic E-state index is -0.0745. The summed E-state index contributed by atoms with van der Waals surface area (Å²) < 4.78 is 12.7. The van der Waals surface area contributed by atoms with Gasteiger partial charge in [-0.3, -0.25) is 4.79 Å². The molecule has 0 saturated carbocycles. The van der Waals surface area contributed by atoms with E-state index >= 15 is 0 Å². The lowest BCUT2D eigenvalue weighted by Gasteiger charge is -2.11. The summed E-state index contributed by atoms with van der Waals surface area (Å²) in [6.07, 6.45) is 4.47. The van der Waals surface area contributed by atoms with E-state index in [9.17, 15) is 4.79 Å². The maximum atomic E-state index is 12.5. The number of amides is 1. The highest BCUT2D eigenvalue weighted by Gasteiger charge is 2.11. The number of fused-ring (bicyclic) bond motifs is 1. The first-order chi connectivity index (χ1) is 17.5. The predicted octanol–water partition coefficient (Wildman–Crippen LogP) is 3.38. The molecule has 1 amide bonds. The van der Waals surface area contributed by atoms with E-state index < -0.39 is 0 Å². The molecule has 0 atom stereocenters. The number of ether oxygens (including phenoxy) is 2. The molecular weight excluding hydrogens is 456 g/mol. The van der Waals surface area contributed by atoms with Gasteiger partial charge in [-0.1, -0.05) is 6.07 Å². The van der Waals surface area contributed by atoms with Gasteiger partial charge in [-0.05, 0) is 68.5 Å². The van der Waals surface area contributed by atoms with Crippen LogP contribution >= 0.6 is 0 Å². The molecule has 9 nitrogen and oxygen atoms in total. The first-order valence-electron chi connectivity index (χ1n) is 11.8. The monoisotopic (exact) mass is 488 g/mol. The first-order valence-corrected chi connectivity index (χ1v) is 11.8. The molecule has 0 spiro atoms. The fraction of sp³-hybridized carbons (Fsp3) is 0.296. The lowest BCUT2D eigenvalue weighted by Crippen LogP contribution is -2.31. The van der Waals surface area contributed by atoms with E-state index in [1.165, 1.54) is 0 Å². The predicted molar refractivity (Wildman–Crippen MR) is 141 cm³/mol. The number of anilines is 1. The second-order valence-electron chi connectivity index (χ2n) is 8.62. The largest absolute Gasteiger partial charge is 0.493 e. The van der Waals surface area contributed by atoms with Crippen LogP contribution in [0.2, 0.25) is 0 Å². The van der Waals surface area contributed by atoms with E-state index in [0.717, 1.165) is 35.2 Å². The number of nitrogens with one attached hydrogen (secondary N) is 2. The molecule has 0 saturated heterocycles. The SMILES string of the molecule is COc1ccc(CCNc2nccc(-n3ccc4cc(C(=O)NCCN(C)C)ccc43)n2)cc1OC. The second-order valence-corrected chi connectivity index (χ2v) is 8.62. The van der Waals surface area contributed by atoms with Crippen molar-refractivity contribution < 1.29 is 14.3 Å². The minimum Gasteiger partial charge on any atom is -0.493 e. The summed E-state index contributed by atoms with van der Waals surface area (Å²) in [4.78, 5) is 23.6. The lowest BCUT2D eigenvalue weighted by molar-refractivity contribution is 0.0951. The van der Waals surface area contributed by atoms with Gasteiger partial charge in [-0.25, -0.2) is 4.98 Å². The molecular formula is C27H32N6O3. The third kappa shape index (κ3) is 5.92. The van der Waals surface area contributed by atoms with Crippen molar-refractivity contribution in [2.24, 2.45) is 0 Å². The molecule has 36 heavy (non-hydrogen) atoms. The molecule has 0 radical (unpaired) electrons. The van der Waals surface area contributed by atoms with Crippen molar-refractivity contribution in [3.8, 4) is 17.3 Å². The van der Waals surface area contributed by atoms with Crippen LogP contribution in [0.3, 0.4) is 0 Å². The Hall–Kier alpha value is -4.11. The number of methoxy groups -OCH3 is 2.